The zero-order chi connectivity index (χ0) is 9.84. The average Bonchev–Trinajstić information content (AvgIpc) is 2.47. The van der Waals surface area contributed by atoms with Crippen molar-refractivity contribution in [2.24, 2.45) is 17.0 Å². The molecule has 13 heavy (non-hydrogen) atoms. The number of nitroso groups, excluding NO2 is 1. The molecule has 1 aliphatic carbocycles. The van der Waals surface area contributed by atoms with Gasteiger partial charge in [-0.1, -0.05) is 25.4 Å². The molecule has 0 heterocycles. The van der Waals surface area contributed by atoms with Gasteiger partial charge in [-0.15, -0.1) is 0 Å². The number of aliphatic hydroxyl groups excluding tert-OH is 1. The van der Waals surface area contributed by atoms with Gasteiger partial charge in [0.15, 0.2) is 0 Å². The maximum absolute atomic E-state index is 10.6. The third kappa shape index (κ3) is 2.27. The molecule has 0 spiro atoms. The Morgan fingerprint density at radius 3 is 2.77 bits per heavy atom. The van der Waals surface area contributed by atoms with E-state index in [-0.39, 0.29) is 18.1 Å². The summed E-state index contributed by atoms with van der Waals surface area (Å²) in [7, 11) is 0. The predicted molar refractivity (Wildman–Crippen MR) is 52.4 cm³/mol. The van der Waals surface area contributed by atoms with Crippen LogP contribution in [0.15, 0.2) is 5.18 Å². The van der Waals surface area contributed by atoms with Gasteiger partial charge >= 0.3 is 0 Å². The number of hydrogen-bond donors (Lipinski definition) is 1. The molecule has 3 nitrogen and oxygen atoms in total. The van der Waals surface area contributed by atoms with Crippen LogP contribution in [0.25, 0.3) is 0 Å². The molecule has 1 rings (SSSR count). The molecule has 4 atom stereocenters. The first-order chi connectivity index (χ1) is 6.20. The fourth-order valence-corrected chi connectivity index (χ4v) is 2.33. The Morgan fingerprint density at radius 2 is 2.23 bits per heavy atom. The molecule has 0 bridgehead atoms. The quantitative estimate of drug-likeness (QED) is 0.683. The maximum Gasteiger partial charge on any atom is 0.0997 e. The van der Waals surface area contributed by atoms with Crippen LogP contribution in [0.2, 0.25) is 0 Å². The van der Waals surface area contributed by atoms with Crippen LogP contribution in [-0.2, 0) is 0 Å². The lowest BCUT2D eigenvalue weighted by molar-refractivity contribution is 0.0904. The van der Waals surface area contributed by atoms with E-state index >= 15 is 0 Å². The van der Waals surface area contributed by atoms with Crippen LogP contribution in [0, 0.1) is 16.7 Å². The van der Waals surface area contributed by atoms with Crippen LogP contribution < -0.4 is 0 Å². The van der Waals surface area contributed by atoms with E-state index in [0.29, 0.717) is 5.92 Å². The number of hydrogen-bond acceptors (Lipinski definition) is 3. The monoisotopic (exact) mass is 185 g/mol. The molecule has 3 heteroatoms. The minimum Gasteiger partial charge on any atom is -0.393 e. The lowest BCUT2D eigenvalue weighted by Crippen LogP contribution is -2.28. The summed E-state index contributed by atoms with van der Waals surface area (Å²) in [5.41, 5.74) is 0. The molecule has 0 amide bonds. The highest BCUT2D eigenvalue weighted by molar-refractivity contribution is 4.91. The molecule has 0 aromatic carbocycles. The van der Waals surface area contributed by atoms with Crippen LogP contribution in [0.3, 0.4) is 0 Å². The fraction of sp³-hybridized carbons (Fsp3) is 1.00. The van der Waals surface area contributed by atoms with Crippen molar-refractivity contribution < 1.29 is 5.11 Å². The SMILES string of the molecule is CCC[C@@H](O)C1CCC(C)C1N=O. The summed E-state index contributed by atoms with van der Waals surface area (Å²) in [4.78, 5) is 10.6. The molecule has 76 valence electrons. The first-order valence-corrected chi connectivity index (χ1v) is 5.21. The van der Waals surface area contributed by atoms with Gasteiger partial charge in [0.25, 0.3) is 0 Å². The second kappa shape index (κ2) is 4.70. The topological polar surface area (TPSA) is 49.7 Å². The summed E-state index contributed by atoms with van der Waals surface area (Å²) in [5.74, 6) is 0.474. The van der Waals surface area contributed by atoms with Gasteiger partial charge in [-0.25, -0.2) is 0 Å². The Morgan fingerprint density at radius 1 is 1.54 bits per heavy atom. The minimum absolute atomic E-state index is 0.118. The zero-order valence-corrected chi connectivity index (χ0v) is 8.44. The molecule has 0 radical (unpaired) electrons. The molecule has 0 aromatic rings. The van der Waals surface area contributed by atoms with Crippen molar-refractivity contribution in [2.45, 2.75) is 51.7 Å². The highest BCUT2D eigenvalue weighted by Gasteiger charge is 2.38. The van der Waals surface area contributed by atoms with E-state index in [9.17, 15) is 10.0 Å². The molecular formula is C10H19NO2. The van der Waals surface area contributed by atoms with Gasteiger partial charge in [0, 0.05) is 5.92 Å². The molecule has 1 aliphatic rings. The Hall–Kier alpha value is -0.440. The highest BCUT2D eigenvalue weighted by Crippen LogP contribution is 2.36. The van der Waals surface area contributed by atoms with Gasteiger partial charge in [-0.3, -0.25) is 0 Å². The lowest BCUT2D eigenvalue weighted by atomic mass is 9.92. The van der Waals surface area contributed by atoms with E-state index in [1.54, 1.807) is 0 Å². The summed E-state index contributed by atoms with van der Waals surface area (Å²) in [5, 5.41) is 12.9. The molecule has 0 saturated heterocycles. The van der Waals surface area contributed by atoms with Crippen molar-refractivity contribution in [1.29, 1.82) is 0 Å². The minimum atomic E-state index is -0.322. The molecule has 1 N–H and O–H groups in total. The molecular weight excluding hydrogens is 166 g/mol. The van der Waals surface area contributed by atoms with Crippen molar-refractivity contribution >= 4 is 0 Å². The van der Waals surface area contributed by atoms with Gasteiger partial charge in [0.05, 0.1) is 12.1 Å². The van der Waals surface area contributed by atoms with E-state index in [1.807, 2.05) is 13.8 Å². The van der Waals surface area contributed by atoms with Gasteiger partial charge in [0.1, 0.15) is 0 Å². The van der Waals surface area contributed by atoms with E-state index < -0.39 is 0 Å². The molecule has 1 fully saturated rings. The third-order valence-electron chi connectivity index (χ3n) is 3.18. The van der Waals surface area contributed by atoms with Crippen LogP contribution >= 0.6 is 0 Å². The Kier molecular flexibility index (Phi) is 3.85. The van der Waals surface area contributed by atoms with Crippen LogP contribution in [-0.4, -0.2) is 17.3 Å². The van der Waals surface area contributed by atoms with Gasteiger partial charge in [-0.2, -0.15) is 4.91 Å². The van der Waals surface area contributed by atoms with Crippen molar-refractivity contribution in [2.75, 3.05) is 0 Å². The smallest absolute Gasteiger partial charge is 0.0997 e. The van der Waals surface area contributed by atoms with Gasteiger partial charge < -0.3 is 5.11 Å². The average molecular weight is 185 g/mol. The van der Waals surface area contributed by atoms with E-state index in [0.717, 1.165) is 25.7 Å². The fourth-order valence-electron chi connectivity index (χ4n) is 2.33. The first-order valence-electron chi connectivity index (χ1n) is 5.21. The normalized spacial score (nSPS) is 36.1. The summed E-state index contributed by atoms with van der Waals surface area (Å²) < 4.78 is 0. The van der Waals surface area contributed by atoms with Crippen LogP contribution in [0.1, 0.15) is 39.5 Å². The molecule has 0 aliphatic heterocycles. The van der Waals surface area contributed by atoms with Crippen molar-refractivity contribution in [1.82, 2.24) is 0 Å². The number of aliphatic hydroxyl groups is 1. The number of nitrogens with zero attached hydrogens (tertiary/aromatic N) is 1. The first kappa shape index (κ1) is 10.6. The lowest BCUT2D eigenvalue weighted by Gasteiger charge is -2.21. The van der Waals surface area contributed by atoms with Gasteiger partial charge in [0.2, 0.25) is 0 Å². The summed E-state index contributed by atoms with van der Waals surface area (Å²) in [6, 6.07) is -0.151. The highest BCUT2D eigenvalue weighted by atomic mass is 16.3. The largest absolute Gasteiger partial charge is 0.393 e. The van der Waals surface area contributed by atoms with E-state index in [2.05, 4.69) is 5.18 Å². The summed E-state index contributed by atoms with van der Waals surface area (Å²) in [6.45, 7) is 4.09. The Labute approximate surface area is 79.5 Å². The second-order valence-electron chi connectivity index (χ2n) is 4.17. The van der Waals surface area contributed by atoms with Crippen molar-refractivity contribution in [3.8, 4) is 0 Å². The predicted octanol–water partition coefficient (Wildman–Crippen LogP) is 2.33. The van der Waals surface area contributed by atoms with Crippen LogP contribution in [0.5, 0.6) is 0 Å². The molecule has 0 aromatic heterocycles. The van der Waals surface area contributed by atoms with Crippen molar-refractivity contribution in [3.63, 3.8) is 0 Å². The maximum atomic E-state index is 10.6. The molecule has 1 saturated carbocycles. The van der Waals surface area contributed by atoms with Gasteiger partial charge in [-0.05, 0) is 25.2 Å². The zero-order valence-electron chi connectivity index (χ0n) is 8.44. The van der Waals surface area contributed by atoms with E-state index in [1.165, 1.54) is 0 Å². The second-order valence-corrected chi connectivity index (χ2v) is 4.17. The summed E-state index contributed by atoms with van der Waals surface area (Å²) >= 11 is 0. The third-order valence-corrected chi connectivity index (χ3v) is 3.18. The Balaban J connectivity index is 2.53. The number of rotatable bonds is 4. The Bertz CT molecular complexity index is 172. The van der Waals surface area contributed by atoms with Crippen LogP contribution in [0.4, 0.5) is 0 Å². The molecule has 3 unspecified atom stereocenters. The summed E-state index contributed by atoms with van der Waals surface area (Å²) in [6.07, 6.45) is 3.43. The van der Waals surface area contributed by atoms with Crippen molar-refractivity contribution in [3.05, 3.63) is 4.91 Å². The van der Waals surface area contributed by atoms with E-state index in [4.69, 9.17) is 0 Å². The standard InChI is InChI=1S/C10H19NO2/c1-3-4-9(12)8-6-5-7(2)10(8)11-13/h7-10,12H,3-6H2,1-2H3/t7?,8?,9-,10?/m1/s1.